The highest BCUT2D eigenvalue weighted by atomic mass is 127. The largest absolute Gasteiger partial charge is 0.484 e. The van der Waals surface area contributed by atoms with Crippen LogP contribution in [-0.4, -0.2) is 29.1 Å². The number of hydrogen-bond acceptors (Lipinski definition) is 3. The van der Waals surface area contributed by atoms with Gasteiger partial charge >= 0.3 is 5.97 Å². The summed E-state index contributed by atoms with van der Waals surface area (Å²) in [5.74, 6) is -1.01. The van der Waals surface area contributed by atoms with Crippen molar-refractivity contribution in [2.24, 2.45) is 0 Å². The first-order valence-corrected chi connectivity index (χ1v) is 8.44. The molecule has 6 heteroatoms. The van der Waals surface area contributed by atoms with E-state index in [1.165, 1.54) is 6.92 Å². The van der Waals surface area contributed by atoms with Crippen LogP contribution in [0.25, 0.3) is 0 Å². The summed E-state index contributed by atoms with van der Waals surface area (Å²) in [6, 6.07) is 16.4. The maximum Gasteiger partial charge on any atom is 0.329 e. The minimum atomic E-state index is -1.39. The number of carbonyl (C=O) groups excluding carboxylic acids is 1. The molecular weight excluding hydrogens is 421 g/mol. The van der Waals surface area contributed by atoms with Gasteiger partial charge in [0.15, 0.2) is 6.61 Å². The van der Waals surface area contributed by atoms with Crippen molar-refractivity contribution in [1.29, 1.82) is 0 Å². The van der Waals surface area contributed by atoms with Crippen LogP contribution < -0.4 is 10.1 Å². The summed E-state index contributed by atoms with van der Waals surface area (Å²) in [7, 11) is 0. The van der Waals surface area contributed by atoms with Crippen LogP contribution in [0.3, 0.4) is 0 Å². The number of ether oxygens (including phenoxy) is 1. The summed E-state index contributed by atoms with van der Waals surface area (Å²) < 4.78 is 6.45. The Kier molecular flexibility index (Phi) is 6.19. The van der Waals surface area contributed by atoms with Crippen molar-refractivity contribution in [2.45, 2.75) is 18.9 Å². The molecule has 24 heavy (non-hydrogen) atoms. The average molecular weight is 439 g/mol. The first-order valence-electron chi connectivity index (χ1n) is 7.36. The lowest BCUT2D eigenvalue weighted by molar-refractivity contribution is -0.147. The predicted molar refractivity (Wildman–Crippen MR) is 99.0 cm³/mol. The number of rotatable bonds is 7. The van der Waals surface area contributed by atoms with E-state index in [4.69, 9.17) is 4.74 Å². The van der Waals surface area contributed by atoms with Crippen LogP contribution in [0.15, 0.2) is 54.6 Å². The molecule has 1 atom stereocenters. The van der Waals surface area contributed by atoms with Crippen molar-refractivity contribution < 1.29 is 19.4 Å². The topological polar surface area (TPSA) is 75.6 Å². The molecule has 0 aliphatic heterocycles. The summed E-state index contributed by atoms with van der Waals surface area (Å²) in [6.07, 6.45) is 0.193. The van der Waals surface area contributed by atoms with Gasteiger partial charge in [0.1, 0.15) is 11.3 Å². The standard InChI is InChI=1S/C18H18INO4/c1-18(17(22)23,11-13-5-3-2-4-6-13)20-16(21)12-24-15-9-7-14(19)8-10-15/h2-10H,11-12H2,1H3,(H,20,21)(H,22,23)/t18-/m1/s1. The summed E-state index contributed by atoms with van der Waals surface area (Å²) in [5.41, 5.74) is -0.560. The second kappa shape index (κ2) is 8.14. The maximum absolute atomic E-state index is 12.1. The number of carboxylic acid groups (broad SMARTS) is 1. The number of aliphatic carboxylic acids is 1. The van der Waals surface area contributed by atoms with E-state index in [1.807, 2.05) is 42.5 Å². The number of carbonyl (C=O) groups is 2. The van der Waals surface area contributed by atoms with Gasteiger partial charge in [-0.25, -0.2) is 4.79 Å². The Morgan fingerprint density at radius 2 is 1.75 bits per heavy atom. The first kappa shape index (κ1) is 18.3. The molecule has 2 rings (SSSR count). The van der Waals surface area contributed by atoms with E-state index in [0.29, 0.717) is 5.75 Å². The third-order valence-corrected chi connectivity index (χ3v) is 4.19. The van der Waals surface area contributed by atoms with Crippen LogP contribution in [0.5, 0.6) is 5.75 Å². The molecule has 0 aliphatic carbocycles. The molecule has 0 saturated carbocycles. The maximum atomic E-state index is 12.1. The minimum Gasteiger partial charge on any atom is -0.484 e. The first-order chi connectivity index (χ1) is 11.4. The van der Waals surface area contributed by atoms with Crippen LogP contribution in [0.2, 0.25) is 0 Å². The lowest BCUT2D eigenvalue weighted by Gasteiger charge is -2.26. The molecule has 0 unspecified atom stereocenters. The zero-order valence-electron chi connectivity index (χ0n) is 13.2. The molecule has 126 valence electrons. The molecule has 0 aliphatic rings. The van der Waals surface area contributed by atoms with Gasteiger partial charge < -0.3 is 15.2 Å². The summed E-state index contributed by atoms with van der Waals surface area (Å²) in [6.45, 7) is 1.25. The van der Waals surface area contributed by atoms with E-state index in [2.05, 4.69) is 27.9 Å². The van der Waals surface area contributed by atoms with E-state index >= 15 is 0 Å². The SMILES string of the molecule is C[C@](Cc1ccccc1)(NC(=O)COc1ccc(I)cc1)C(=O)O. The average Bonchev–Trinajstić information content (AvgIpc) is 2.55. The van der Waals surface area contributed by atoms with Crippen LogP contribution in [0.1, 0.15) is 12.5 Å². The highest BCUT2D eigenvalue weighted by molar-refractivity contribution is 14.1. The van der Waals surface area contributed by atoms with Gasteiger partial charge in [-0.1, -0.05) is 30.3 Å². The van der Waals surface area contributed by atoms with Crippen molar-refractivity contribution in [1.82, 2.24) is 5.32 Å². The summed E-state index contributed by atoms with van der Waals surface area (Å²) in [5, 5.41) is 12.1. The Bertz CT molecular complexity index is 703. The van der Waals surface area contributed by atoms with Gasteiger partial charge in [0, 0.05) is 9.99 Å². The highest BCUT2D eigenvalue weighted by Gasteiger charge is 2.35. The Hall–Kier alpha value is -2.09. The van der Waals surface area contributed by atoms with Crippen LogP contribution >= 0.6 is 22.6 Å². The second-order valence-electron chi connectivity index (χ2n) is 5.59. The van der Waals surface area contributed by atoms with E-state index in [-0.39, 0.29) is 13.0 Å². The van der Waals surface area contributed by atoms with E-state index < -0.39 is 17.4 Å². The molecule has 2 aromatic rings. The number of benzene rings is 2. The number of hydrogen-bond donors (Lipinski definition) is 2. The molecule has 0 bridgehead atoms. The zero-order chi connectivity index (χ0) is 17.6. The molecule has 2 N–H and O–H groups in total. The zero-order valence-corrected chi connectivity index (χ0v) is 15.3. The molecular formula is C18H18INO4. The van der Waals surface area contributed by atoms with Gasteiger partial charge in [-0.15, -0.1) is 0 Å². The number of halogens is 1. The Balaban J connectivity index is 1.97. The van der Waals surface area contributed by atoms with Gasteiger partial charge in [-0.3, -0.25) is 4.79 Å². The lowest BCUT2D eigenvalue weighted by atomic mass is 9.93. The van der Waals surface area contributed by atoms with E-state index in [0.717, 1.165) is 9.13 Å². The third kappa shape index (κ3) is 5.23. The molecule has 0 aromatic heterocycles. The second-order valence-corrected chi connectivity index (χ2v) is 6.84. The molecule has 5 nitrogen and oxygen atoms in total. The summed E-state index contributed by atoms with van der Waals surface area (Å²) >= 11 is 2.17. The molecule has 2 aromatic carbocycles. The molecule has 0 heterocycles. The van der Waals surface area contributed by atoms with E-state index in [1.54, 1.807) is 12.1 Å². The van der Waals surface area contributed by atoms with Crippen molar-refractivity contribution in [2.75, 3.05) is 6.61 Å². The number of nitrogens with one attached hydrogen (secondary N) is 1. The predicted octanol–water partition coefficient (Wildman–Crippen LogP) is 2.87. The molecule has 0 fully saturated rings. The fraction of sp³-hybridized carbons (Fsp3) is 0.222. The van der Waals surface area contributed by atoms with Gasteiger partial charge in [0.2, 0.25) is 0 Å². The smallest absolute Gasteiger partial charge is 0.329 e. The lowest BCUT2D eigenvalue weighted by Crippen LogP contribution is -2.55. The fourth-order valence-corrected chi connectivity index (χ4v) is 2.56. The number of carboxylic acids is 1. The van der Waals surface area contributed by atoms with Crippen molar-refractivity contribution in [3.63, 3.8) is 0 Å². The monoisotopic (exact) mass is 439 g/mol. The normalized spacial score (nSPS) is 12.9. The Morgan fingerprint density at radius 3 is 2.33 bits per heavy atom. The molecule has 0 spiro atoms. The fourth-order valence-electron chi connectivity index (χ4n) is 2.20. The number of amides is 1. The van der Waals surface area contributed by atoms with Gasteiger partial charge in [-0.2, -0.15) is 0 Å². The van der Waals surface area contributed by atoms with Crippen LogP contribution in [-0.2, 0) is 16.0 Å². The van der Waals surface area contributed by atoms with Crippen molar-refractivity contribution in [3.8, 4) is 5.75 Å². The molecule has 1 amide bonds. The Labute approximate surface area is 154 Å². The highest BCUT2D eigenvalue weighted by Crippen LogP contribution is 2.15. The van der Waals surface area contributed by atoms with Crippen LogP contribution in [0.4, 0.5) is 0 Å². The third-order valence-electron chi connectivity index (χ3n) is 3.47. The summed E-state index contributed by atoms with van der Waals surface area (Å²) in [4.78, 5) is 23.7. The molecule has 0 radical (unpaired) electrons. The van der Waals surface area contributed by atoms with Gasteiger partial charge in [-0.05, 0) is 59.3 Å². The van der Waals surface area contributed by atoms with Crippen molar-refractivity contribution in [3.05, 3.63) is 63.7 Å². The minimum absolute atomic E-state index is 0.193. The van der Waals surface area contributed by atoms with E-state index in [9.17, 15) is 14.7 Å². The molecule has 0 saturated heterocycles. The Morgan fingerprint density at radius 1 is 1.12 bits per heavy atom. The quantitative estimate of drug-likeness (QED) is 0.651. The van der Waals surface area contributed by atoms with Crippen molar-refractivity contribution >= 4 is 34.5 Å². The van der Waals surface area contributed by atoms with Crippen LogP contribution in [0, 0.1) is 3.57 Å². The van der Waals surface area contributed by atoms with Gasteiger partial charge in [0.05, 0.1) is 0 Å². The van der Waals surface area contributed by atoms with Gasteiger partial charge in [0.25, 0.3) is 5.91 Å².